The average molecular weight is 299 g/mol. The molecule has 0 saturated heterocycles. The maximum Gasteiger partial charge on any atom is 0.122 e. The average Bonchev–Trinajstić information content (AvgIpc) is 2.49. The van der Waals surface area contributed by atoms with Crippen molar-refractivity contribution in [1.82, 2.24) is 0 Å². The lowest BCUT2D eigenvalue weighted by Crippen LogP contribution is -2.10. The van der Waals surface area contributed by atoms with Crippen LogP contribution in [0.25, 0.3) is 0 Å². The van der Waals surface area contributed by atoms with Crippen LogP contribution in [0.2, 0.25) is 0 Å². The van der Waals surface area contributed by atoms with E-state index in [2.05, 4.69) is 32.0 Å². The van der Waals surface area contributed by atoms with Gasteiger partial charge in [0.2, 0.25) is 0 Å². The minimum absolute atomic E-state index is 0.451. The molecule has 0 unspecified atom stereocenters. The van der Waals surface area contributed by atoms with E-state index in [1.165, 1.54) is 17.3 Å². The van der Waals surface area contributed by atoms with Crippen molar-refractivity contribution >= 4 is 6.21 Å². The van der Waals surface area contributed by atoms with E-state index in [1.807, 2.05) is 30.3 Å². The van der Waals surface area contributed by atoms with Crippen molar-refractivity contribution in [2.75, 3.05) is 13.2 Å². The van der Waals surface area contributed by atoms with Crippen LogP contribution < -0.4 is 9.47 Å². The summed E-state index contributed by atoms with van der Waals surface area (Å²) in [7, 11) is 0. The van der Waals surface area contributed by atoms with Crippen molar-refractivity contribution < 1.29 is 14.7 Å². The first-order chi connectivity index (χ1) is 10.6. The third-order valence-electron chi connectivity index (χ3n) is 3.44. The normalized spacial score (nSPS) is 10.9. The molecule has 0 heterocycles. The van der Waals surface area contributed by atoms with E-state index in [1.54, 1.807) is 0 Å². The third-order valence-corrected chi connectivity index (χ3v) is 3.44. The molecule has 2 aromatic rings. The zero-order chi connectivity index (χ0) is 15.9. The molecule has 22 heavy (non-hydrogen) atoms. The van der Waals surface area contributed by atoms with Gasteiger partial charge in [-0.05, 0) is 61.2 Å². The number of hydrogen-bond donors (Lipinski definition) is 1. The Morgan fingerprint density at radius 2 is 1.82 bits per heavy atom. The molecule has 0 aliphatic carbocycles. The highest BCUT2D eigenvalue weighted by Crippen LogP contribution is 2.23. The second-order valence-corrected chi connectivity index (χ2v) is 5.22. The molecule has 4 heteroatoms. The van der Waals surface area contributed by atoms with E-state index >= 15 is 0 Å². The summed E-state index contributed by atoms with van der Waals surface area (Å²) in [5.74, 6) is 1.63. The summed E-state index contributed by atoms with van der Waals surface area (Å²) >= 11 is 0. The zero-order valence-electron chi connectivity index (χ0n) is 13.2. The van der Waals surface area contributed by atoms with Gasteiger partial charge in [-0.15, -0.1) is 0 Å². The largest absolute Gasteiger partial charge is 0.490 e. The molecule has 0 amide bonds. The molecule has 0 aliphatic heterocycles. The Balaban J connectivity index is 1.88. The van der Waals surface area contributed by atoms with Crippen molar-refractivity contribution in [3.05, 3.63) is 58.7 Å². The number of rotatable bonds is 6. The van der Waals surface area contributed by atoms with Crippen LogP contribution >= 0.6 is 0 Å². The van der Waals surface area contributed by atoms with Gasteiger partial charge < -0.3 is 14.7 Å². The summed E-state index contributed by atoms with van der Waals surface area (Å²) in [6.07, 6.45) is 1.36. The molecule has 0 bridgehead atoms. The molecule has 0 atom stereocenters. The Kier molecular flexibility index (Phi) is 5.42. The van der Waals surface area contributed by atoms with Crippen molar-refractivity contribution in [1.29, 1.82) is 0 Å². The van der Waals surface area contributed by atoms with Gasteiger partial charge in [0, 0.05) is 0 Å². The maximum absolute atomic E-state index is 8.53. The molecule has 0 aliphatic rings. The fourth-order valence-electron chi connectivity index (χ4n) is 2.21. The fraction of sp³-hybridized carbons (Fsp3) is 0.278. The number of ether oxygens (including phenoxy) is 2. The zero-order valence-corrected chi connectivity index (χ0v) is 13.2. The van der Waals surface area contributed by atoms with E-state index in [9.17, 15) is 0 Å². The molecule has 2 aromatic carbocycles. The van der Waals surface area contributed by atoms with Crippen LogP contribution in [0.1, 0.15) is 22.3 Å². The lowest BCUT2D eigenvalue weighted by atomic mass is 10.1. The van der Waals surface area contributed by atoms with E-state index < -0.39 is 0 Å². The minimum Gasteiger partial charge on any atom is -0.490 e. The molecule has 4 nitrogen and oxygen atoms in total. The Labute approximate surface area is 131 Å². The lowest BCUT2D eigenvalue weighted by Gasteiger charge is -2.13. The maximum atomic E-state index is 8.53. The van der Waals surface area contributed by atoms with Gasteiger partial charge in [-0.3, -0.25) is 0 Å². The Hall–Kier alpha value is -2.49. The highest BCUT2D eigenvalue weighted by atomic mass is 16.5. The van der Waals surface area contributed by atoms with Crippen molar-refractivity contribution in [3.8, 4) is 11.5 Å². The van der Waals surface area contributed by atoms with Gasteiger partial charge >= 0.3 is 0 Å². The number of oxime groups is 1. The number of aryl methyl sites for hydroxylation is 2. The van der Waals surface area contributed by atoms with Gasteiger partial charge in [-0.1, -0.05) is 23.4 Å². The lowest BCUT2D eigenvalue weighted by molar-refractivity contribution is 0.216. The van der Waals surface area contributed by atoms with E-state index in [0.717, 1.165) is 22.6 Å². The summed E-state index contributed by atoms with van der Waals surface area (Å²) in [6, 6.07) is 11.5. The molecule has 0 aromatic heterocycles. The van der Waals surface area contributed by atoms with E-state index in [-0.39, 0.29) is 0 Å². The first-order valence-electron chi connectivity index (χ1n) is 7.21. The molecule has 0 spiro atoms. The molecule has 116 valence electrons. The Morgan fingerprint density at radius 1 is 1.05 bits per heavy atom. The quantitative estimate of drug-likeness (QED) is 0.381. The smallest absolute Gasteiger partial charge is 0.122 e. The van der Waals surface area contributed by atoms with Gasteiger partial charge in [-0.2, -0.15) is 0 Å². The standard InChI is InChI=1S/C18H21NO3/c1-13-9-14(2)15(3)18(10-13)22-8-7-21-17-6-4-5-16(11-17)12-19-20/h4-6,9-12,20H,7-8H2,1-3H3/b19-12+. The van der Waals surface area contributed by atoms with Crippen LogP contribution in [0.3, 0.4) is 0 Å². The van der Waals surface area contributed by atoms with Gasteiger partial charge in [0.1, 0.15) is 24.7 Å². The van der Waals surface area contributed by atoms with Crippen LogP contribution in [0.4, 0.5) is 0 Å². The molecular formula is C18H21NO3. The molecule has 0 fully saturated rings. The van der Waals surface area contributed by atoms with Gasteiger partial charge in [0.05, 0.1) is 6.21 Å². The van der Waals surface area contributed by atoms with Crippen LogP contribution in [-0.4, -0.2) is 24.6 Å². The second kappa shape index (κ2) is 7.50. The predicted octanol–water partition coefficient (Wildman–Crippen LogP) is 3.88. The third kappa shape index (κ3) is 4.25. The summed E-state index contributed by atoms with van der Waals surface area (Å²) < 4.78 is 11.5. The van der Waals surface area contributed by atoms with Gasteiger partial charge in [0.15, 0.2) is 0 Å². The first kappa shape index (κ1) is 15.9. The number of benzene rings is 2. The molecule has 2 rings (SSSR count). The van der Waals surface area contributed by atoms with Gasteiger partial charge in [-0.25, -0.2) is 0 Å². The van der Waals surface area contributed by atoms with E-state index in [0.29, 0.717) is 13.2 Å². The van der Waals surface area contributed by atoms with E-state index in [4.69, 9.17) is 14.7 Å². The van der Waals surface area contributed by atoms with Crippen molar-refractivity contribution in [3.63, 3.8) is 0 Å². The van der Waals surface area contributed by atoms with Gasteiger partial charge in [0.25, 0.3) is 0 Å². The highest BCUT2D eigenvalue weighted by Gasteiger charge is 2.04. The molecule has 1 N–H and O–H groups in total. The van der Waals surface area contributed by atoms with Crippen LogP contribution in [-0.2, 0) is 0 Å². The topological polar surface area (TPSA) is 51.0 Å². The summed E-state index contributed by atoms with van der Waals surface area (Å²) in [6.45, 7) is 7.13. The number of hydrogen-bond acceptors (Lipinski definition) is 4. The number of nitrogens with zero attached hydrogens (tertiary/aromatic N) is 1. The van der Waals surface area contributed by atoms with Crippen molar-refractivity contribution in [2.45, 2.75) is 20.8 Å². The predicted molar refractivity (Wildman–Crippen MR) is 87.5 cm³/mol. The monoisotopic (exact) mass is 299 g/mol. The Morgan fingerprint density at radius 3 is 2.59 bits per heavy atom. The molecule has 0 radical (unpaired) electrons. The minimum atomic E-state index is 0.451. The molecule has 0 saturated carbocycles. The SMILES string of the molecule is Cc1cc(C)c(C)c(OCCOc2cccc(/C=N/O)c2)c1. The summed E-state index contributed by atoms with van der Waals surface area (Å²) in [5.41, 5.74) is 4.36. The van der Waals surface area contributed by atoms with Crippen molar-refractivity contribution in [2.24, 2.45) is 5.16 Å². The van der Waals surface area contributed by atoms with Crippen LogP contribution in [0.5, 0.6) is 11.5 Å². The Bertz CT molecular complexity index is 665. The second-order valence-electron chi connectivity index (χ2n) is 5.22. The van der Waals surface area contributed by atoms with Crippen LogP contribution in [0, 0.1) is 20.8 Å². The highest BCUT2D eigenvalue weighted by molar-refractivity contribution is 5.79. The first-order valence-corrected chi connectivity index (χ1v) is 7.21. The summed E-state index contributed by atoms with van der Waals surface area (Å²) in [4.78, 5) is 0. The van der Waals surface area contributed by atoms with Crippen LogP contribution in [0.15, 0.2) is 41.6 Å². The molecular weight excluding hydrogens is 278 g/mol. The fourth-order valence-corrected chi connectivity index (χ4v) is 2.21. The summed E-state index contributed by atoms with van der Waals surface area (Å²) in [5, 5.41) is 11.5.